The summed E-state index contributed by atoms with van der Waals surface area (Å²) in [4.78, 5) is 0. The Morgan fingerprint density at radius 2 is 2.43 bits per heavy atom. The number of rotatable bonds is 0. The largest absolute Gasteiger partial charge is 0.0872 e. The zero-order chi connectivity index (χ0) is 5.28. The van der Waals surface area contributed by atoms with Gasteiger partial charge in [0.25, 0.3) is 0 Å². The Kier molecular flexibility index (Phi) is 1.73. The van der Waals surface area contributed by atoms with Crippen molar-refractivity contribution in [2.45, 2.75) is 17.3 Å². The van der Waals surface area contributed by atoms with Crippen molar-refractivity contribution < 1.29 is 0 Å². The number of allylic oxidation sites excluding steroid dienone is 2. The van der Waals surface area contributed by atoms with E-state index in [1.54, 1.807) is 0 Å². The summed E-state index contributed by atoms with van der Waals surface area (Å²) in [6, 6.07) is 0. The monoisotopic (exact) mass is 208 g/mol. The van der Waals surface area contributed by atoms with E-state index >= 15 is 0 Å². The molecule has 0 spiro atoms. The van der Waals surface area contributed by atoms with Gasteiger partial charge in [0.2, 0.25) is 0 Å². The molecule has 0 aromatic heterocycles. The molecule has 0 aromatic rings. The van der Waals surface area contributed by atoms with Gasteiger partial charge < -0.3 is 0 Å². The fraction of sp³-hybridized carbons (Fsp3) is 0.667. The second kappa shape index (κ2) is 2.16. The van der Waals surface area contributed by atoms with Crippen molar-refractivity contribution in [2.24, 2.45) is 5.92 Å². The lowest BCUT2D eigenvalue weighted by Crippen LogP contribution is -1.99. The maximum Gasteiger partial charge on any atom is 0.0318 e. The molecular weight excluding hydrogens is 199 g/mol. The van der Waals surface area contributed by atoms with E-state index in [2.05, 4.69) is 41.7 Å². The topological polar surface area (TPSA) is 0 Å². The molecule has 40 valence electrons. The van der Waals surface area contributed by atoms with Crippen LogP contribution in [0.25, 0.3) is 0 Å². The van der Waals surface area contributed by atoms with Gasteiger partial charge in [-0.3, -0.25) is 0 Å². The number of hydrogen-bond acceptors (Lipinski definition) is 0. The van der Waals surface area contributed by atoms with Gasteiger partial charge in [-0.2, -0.15) is 0 Å². The molecule has 0 heterocycles. The Hall–Kier alpha value is 0.470. The summed E-state index contributed by atoms with van der Waals surface area (Å²) < 4.78 is 0.803. The quantitative estimate of drug-likeness (QED) is 0.325. The van der Waals surface area contributed by atoms with E-state index in [0.717, 1.165) is 9.84 Å². The minimum Gasteiger partial charge on any atom is -0.0872 e. The lowest BCUT2D eigenvalue weighted by Gasteiger charge is -2.03. The van der Waals surface area contributed by atoms with Crippen molar-refractivity contribution >= 4 is 22.6 Å². The van der Waals surface area contributed by atoms with Crippen LogP contribution in [0, 0.1) is 5.92 Å². The fourth-order valence-electron chi connectivity index (χ4n) is 0.743. The smallest absolute Gasteiger partial charge is 0.0318 e. The summed E-state index contributed by atoms with van der Waals surface area (Å²) in [6.45, 7) is 2.29. The molecule has 0 aromatic carbocycles. The van der Waals surface area contributed by atoms with Gasteiger partial charge in [-0.1, -0.05) is 41.7 Å². The first-order chi connectivity index (χ1) is 3.30. The second-order valence-corrected chi connectivity index (χ2v) is 3.52. The van der Waals surface area contributed by atoms with E-state index in [9.17, 15) is 0 Å². The van der Waals surface area contributed by atoms with Crippen LogP contribution in [-0.2, 0) is 0 Å². The third kappa shape index (κ3) is 1.18. The molecule has 1 heteroatoms. The molecule has 1 aliphatic rings. The standard InChI is InChI=1S/C6H9I/c1-5-3-2-4-6(5)7/h2,4-6H,3H2,1H3. The lowest BCUT2D eigenvalue weighted by atomic mass is 10.1. The van der Waals surface area contributed by atoms with Crippen molar-refractivity contribution in [3.8, 4) is 0 Å². The molecule has 0 nitrogen and oxygen atoms in total. The Balaban J connectivity index is 2.45. The summed E-state index contributed by atoms with van der Waals surface area (Å²) >= 11 is 2.47. The molecule has 0 fully saturated rings. The highest BCUT2D eigenvalue weighted by Crippen LogP contribution is 2.24. The van der Waals surface area contributed by atoms with E-state index in [4.69, 9.17) is 0 Å². The predicted molar refractivity (Wildman–Crippen MR) is 40.7 cm³/mol. The Morgan fingerprint density at radius 3 is 2.57 bits per heavy atom. The highest BCUT2D eigenvalue weighted by molar-refractivity contribution is 14.1. The molecule has 0 radical (unpaired) electrons. The SMILES string of the molecule is CC1CC=CC1I. The summed E-state index contributed by atoms with van der Waals surface area (Å²) in [5.74, 6) is 0.889. The van der Waals surface area contributed by atoms with E-state index in [0.29, 0.717) is 0 Å². The molecule has 1 rings (SSSR count). The zero-order valence-corrected chi connectivity index (χ0v) is 6.55. The number of halogens is 1. The average molecular weight is 208 g/mol. The minimum atomic E-state index is 0.803. The van der Waals surface area contributed by atoms with Gasteiger partial charge in [0.05, 0.1) is 0 Å². The van der Waals surface area contributed by atoms with Gasteiger partial charge in [0.1, 0.15) is 0 Å². The summed E-state index contributed by atoms with van der Waals surface area (Å²) in [5.41, 5.74) is 0. The summed E-state index contributed by atoms with van der Waals surface area (Å²) in [6.07, 6.45) is 5.83. The van der Waals surface area contributed by atoms with Crippen LogP contribution in [0.1, 0.15) is 13.3 Å². The van der Waals surface area contributed by atoms with Crippen molar-refractivity contribution in [2.75, 3.05) is 0 Å². The van der Waals surface area contributed by atoms with Gasteiger partial charge >= 0.3 is 0 Å². The molecular formula is C6H9I. The highest BCUT2D eigenvalue weighted by Gasteiger charge is 2.13. The van der Waals surface area contributed by atoms with Gasteiger partial charge in [0.15, 0.2) is 0 Å². The van der Waals surface area contributed by atoms with Crippen LogP contribution in [0.2, 0.25) is 0 Å². The van der Waals surface area contributed by atoms with E-state index in [1.165, 1.54) is 6.42 Å². The van der Waals surface area contributed by atoms with Crippen LogP contribution in [0.15, 0.2) is 12.2 Å². The normalized spacial score (nSPS) is 39.7. The van der Waals surface area contributed by atoms with Crippen LogP contribution >= 0.6 is 22.6 Å². The van der Waals surface area contributed by atoms with Gasteiger partial charge in [0, 0.05) is 3.92 Å². The number of hydrogen-bond donors (Lipinski definition) is 0. The van der Waals surface area contributed by atoms with Gasteiger partial charge in [-0.25, -0.2) is 0 Å². The van der Waals surface area contributed by atoms with Crippen molar-refractivity contribution in [1.29, 1.82) is 0 Å². The van der Waals surface area contributed by atoms with Crippen LogP contribution in [-0.4, -0.2) is 3.92 Å². The Morgan fingerprint density at radius 1 is 1.71 bits per heavy atom. The van der Waals surface area contributed by atoms with Crippen molar-refractivity contribution in [3.05, 3.63) is 12.2 Å². The fourth-order valence-corrected chi connectivity index (χ4v) is 1.33. The molecule has 0 saturated heterocycles. The van der Waals surface area contributed by atoms with E-state index in [1.807, 2.05) is 0 Å². The van der Waals surface area contributed by atoms with Crippen molar-refractivity contribution in [3.63, 3.8) is 0 Å². The molecule has 0 bridgehead atoms. The molecule has 1 aliphatic carbocycles. The molecule has 2 unspecified atom stereocenters. The second-order valence-electron chi connectivity index (χ2n) is 2.09. The van der Waals surface area contributed by atoms with Crippen molar-refractivity contribution in [1.82, 2.24) is 0 Å². The van der Waals surface area contributed by atoms with Crippen LogP contribution < -0.4 is 0 Å². The van der Waals surface area contributed by atoms with Gasteiger partial charge in [-0.15, -0.1) is 0 Å². The first-order valence-electron chi connectivity index (χ1n) is 2.61. The third-order valence-electron chi connectivity index (χ3n) is 1.37. The zero-order valence-electron chi connectivity index (χ0n) is 4.39. The van der Waals surface area contributed by atoms with Crippen LogP contribution in [0.4, 0.5) is 0 Å². The molecule has 0 N–H and O–H groups in total. The average Bonchev–Trinajstić information content (AvgIpc) is 1.91. The summed E-state index contributed by atoms with van der Waals surface area (Å²) in [5, 5.41) is 0. The maximum atomic E-state index is 2.47. The lowest BCUT2D eigenvalue weighted by molar-refractivity contribution is 0.664. The first kappa shape index (κ1) is 5.60. The Labute approximate surface area is 58.1 Å². The summed E-state index contributed by atoms with van der Waals surface area (Å²) in [7, 11) is 0. The van der Waals surface area contributed by atoms with E-state index < -0.39 is 0 Å². The highest BCUT2D eigenvalue weighted by atomic mass is 127. The minimum absolute atomic E-state index is 0.803. The predicted octanol–water partition coefficient (Wildman–Crippen LogP) is 2.39. The number of alkyl halides is 1. The molecule has 0 amide bonds. The molecule has 7 heavy (non-hydrogen) atoms. The third-order valence-corrected chi connectivity index (χ3v) is 3.01. The molecule has 0 saturated carbocycles. The van der Waals surface area contributed by atoms with Crippen LogP contribution in [0.3, 0.4) is 0 Å². The van der Waals surface area contributed by atoms with Gasteiger partial charge in [-0.05, 0) is 12.3 Å². The van der Waals surface area contributed by atoms with Crippen LogP contribution in [0.5, 0.6) is 0 Å². The maximum absolute atomic E-state index is 2.47. The molecule has 2 atom stereocenters. The molecule has 0 aliphatic heterocycles. The first-order valence-corrected chi connectivity index (χ1v) is 3.86. The van der Waals surface area contributed by atoms with E-state index in [-0.39, 0.29) is 0 Å². The Bertz CT molecular complexity index is 86.2.